The highest BCUT2D eigenvalue weighted by Gasteiger charge is 2.23. The SMILES string of the molecule is COc1ccc(-n2ccc(CNC(=O)CC3CCOc4ccccc43)n2)cc1. The van der Waals surface area contributed by atoms with Crippen molar-refractivity contribution in [2.75, 3.05) is 13.7 Å². The number of rotatable bonds is 6. The lowest BCUT2D eigenvalue weighted by Crippen LogP contribution is -2.26. The zero-order valence-corrected chi connectivity index (χ0v) is 15.8. The van der Waals surface area contributed by atoms with E-state index in [-0.39, 0.29) is 11.8 Å². The fraction of sp³-hybridized carbons (Fsp3) is 0.273. The molecule has 0 spiro atoms. The molecule has 6 nitrogen and oxygen atoms in total. The number of carbonyl (C=O) groups excluding carboxylic acids is 1. The molecule has 1 aromatic heterocycles. The monoisotopic (exact) mass is 377 g/mol. The number of nitrogens with one attached hydrogen (secondary N) is 1. The molecule has 1 amide bonds. The van der Waals surface area contributed by atoms with E-state index in [1.165, 1.54) is 0 Å². The van der Waals surface area contributed by atoms with Gasteiger partial charge in [-0.1, -0.05) is 18.2 Å². The third-order valence-corrected chi connectivity index (χ3v) is 4.96. The maximum atomic E-state index is 12.4. The molecule has 0 saturated carbocycles. The molecule has 1 N–H and O–H groups in total. The number of hydrogen-bond acceptors (Lipinski definition) is 4. The van der Waals surface area contributed by atoms with Crippen molar-refractivity contribution in [1.29, 1.82) is 0 Å². The second-order valence-electron chi connectivity index (χ2n) is 6.80. The Bertz CT molecular complexity index is 950. The average molecular weight is 377 g/mol. The Balaban J connectivity index is 1.34. The molecule has 28 heavy (non-hydrogen) atoms. The molecule has 2 heterocycles. The smallest absolute Gasteiger partial charge is 0.220 e. The number of carbonyl (C=O) groups is 1. The van der Waals surface area contributed by atoms with E-state index in [1.807, 2.05) is 60.8 Å². The minimum Gasteiger partial charge on any atom is -0.497 e. The third kappa shape index (κ3) is 4.01. The van der Waals surface area contributed by atoms with E-state index in [2.05, 4.69) is 10.4 Å². The van der Waals surface area contributed by atoms with Crippen LogP contribution in [0.3, 0.4) is 0 Å². The summed E-state index contributed by atoms with van der Waals surface area (Å²) in [5, 5.41) is 7.52. The molecule has 4 rings (SSSR count). The van der Waals surface area contributed by atoms with E-state index in [9.17, 15) is 4.79 Å². The third-order valence-electron chi connectivity index (χ3n) is 4.96. The Morgan fingerprint density at radius 2 is 2.04 bits per heavy atom. The van der Waals surface area contributed by atoms with E-state index in [4.69, 9.17) is 9.47 Å². The van der Waals surface area contributed by atoms with Gasteiger partial charge >= 0.3 is 0 Å². The van der Waals surface area contributed by atoms with Crippen LogP contribution in [0.5, 0.6) is 11.5 Å². The van der Waals surface area contributed by atoms with Gasteiger partial charge < -0.3 is 14.8 Å². The number of nitrogens with zero attached hydrogens (tertiary/aromatic N) is 2. The highest BCUT2D eigenvalue weighted by Crippen LogP contribution is 2.35. The molecular weight excluding hydrogens is 354 g/mol. The zero-order valence-electron chi connectivity index (χ0n) is 15.8. The number of benzene rings is 2. The first-order valence-electron chi connectivity index (χ1n) is 9.40. The fourth-order valence-electron chi connectivity index (χ4n) is 3.45. The molecule has 1 aliphatic rings. The Morgan fingerprint density at radius 1 is 1.21 bits per heavy atom. The van der Waals surface area contributed by atoms with Gasteiger partial charge in [0.25, 0.3) is 0 Å². The van der Waals surface area contributed by atoms with Gasteiger partial charge in [-0.05, 0) is 54.3 Å². The number of methoxy groups -OCH3 is 1. The maximum Gasteiger partial charge on any atom is 0.220 e. The summed E-state index contributed by atoms with van der Waals surface area (Å²) in [6.07, 6.45) is 3.20. The van der Waals surface area contributed by atoms with Crippen molar-refractivity contribution in [2.24, 2.45) is 0 Å². The number of para-hydroxylation sites is 1. The predicted octanol–water partition coefficient (Wildman–Crippen LogP) is 3.45. The molecule has 3 aromatic rings. The normalized spacial score (nSPS) is 15.4. The molecule has 144 valence electrons. The molecule has 0 aliphatic carbocycles. The number of fused-ring (bicyclic) bond motifs is 1. The first kappa shape index (κ1) is 18.1. The van der Waals surface area contributed by atoms with Gasteiger partial charge in [0.15, 0.2) is 0 Å². The van der Waals surface area contributed by atoms with Gasteiger partial charge in [-0.3, -0.25) is 4.79 Å². The highest BCUT2D eigenvalue weighted by molar-refractivity contribution is 5.77. The molecule has 1 aliphatic heterocycles. The summed E-state index contributed by atoms with van der Waals surface area (Å²) in [5.41, 5.74) is 2.88. The van der Waals surface area contributed by atoms with Gasteiger partial charge in [-0.2, -0.15) is 5.10 Å². The van der Waals surface area contributed by atoms with E-state index in [0.29, 0.717) is 19.6 Å². The standard InChI is InChI=1S/C22H23N3O3/c1-27-19-8-6-18(7-9-19)25-12-10-17(24-25)15-23-22(26)14-16-11-13-28-21-5-3-2-4-20(16)21/h2-10,12,16H,11,13-15H2,1H3,(H,23,26). The van der Waals surface area contributed by atoms with Crippen LogP contribution < -0.4 is 14.8 Å². The quantitative estimate of drug-likeness (QED) is 0.715. The Labute approximate surface area is 164 Å². The lowest BCUT2D eigenvalue weighted by molar-refractivity contribution is -0.121. The summed E-state index contributed by atoms with van der Waals surface area (Å²) in [4.78, 5) is 12.4. The predicted molar refractivity (Wildman–Crippen MR) is 106 cm³/mol. The molecule has 0 fully saturated rings. The van der Waals surface area contributed by atoms with Crippen LogP contribution >= 0.6 is 0 Å². The van der Waals surface area contributed by atoms with Crippen LogP contribution in [0, 0.1) is 0 Å². The second kappa shape index (κ2) is 8.17. The molecule has 0 radical (unpaired) electrons. The van der Waals surface area contributed by atoms with Crippen LogP contribution in [0.1, 0.15) is 30.0 Å². The van der Waals surface area contributed by atoms with Crippen LogP contribution in [0.15, 0.2) is 60.8 Å². The van der Waals surface area contributed by atoms with Crippen LogP contribution in [0.4, 0.5) is 0 Å². The topological polar surface area (TPSA) is 65.4 Å². The Hall–Kier alpha value is -3.28. The van der Waals surface area contributed by atoms with Crippen LogP contribution in [-0.2, 0) is 11.3 Å². The van der Waals surface area contributed by atoms with Crippen LogP contribution in [0.2, 0.25) is 0 Å². The van der Waals surface area contributed by atoms with Gasteiger partial charge in [0.05, 0.1) is 31.6 Å². The minimum atomic E-state index is 0.0284. The maximum absolute atomic E-state index is 12.4. The number of amides is 1. The highest BCUT2D eigenvalue weighted by atomic mass is 16.5. The van der Waals surface area contributed by atoms with E-state index in [1.54, 1.807) is 11.8 Å². The number of hydrogen-bond donors (Lipinski definition) is 1. The van der Waals surface area contributed by atoms with Gasteiger partial charge in [0, 0.05) is 12.6 Å². The van der Waals surface area contributed by atoms with Crippen molar-refractivity contribution in [2.45, 2.75) is 25.3 Å². The average Bonchev–Trinajstić information content (AvgIpc) is 3.22. The molecule has 1 atom stereocenters. The van der Waals surface area contributed by atoms with Crippen molar-refractivity contribution < 1.29 is 14.3 Å². The van der Waals surface area contributed by atoms with Crippen LogP contribution in [0.25, 0.3) is 5.69 Å². The van der Waals surface area contributed by atoms with Crippen molar-refractivity contribution in [3.63, 3.8) is 0 Å². The Kier molecular flexibility index (Phi) is 5.28. The second-order valence-corrected chi connectivity index (χ2v) is 6.80. The number of aromatic nitrogens is 2. The number of ether oxygens (including phenoxy) is 2. The van der Waals surface area contributed by atoms with Gasteiger partial charge in [0.1, 0.15) is 11.5 Å². The largest absolute Gasteiger partial charge is 0.497 e. The molecule has 0 bridgehead atoms. The van der Waals surface area contributed by atoms with Crippen molar-refractivity contribution in [3.8, 4) is 17.2 Å². The lowest BCUT2D eigenvalue weighted by Gasteiger charge is -2.25. The van der Waals surface area contributed by atoms with Gasteiger partial charge in [-0.15, -0.1) is 0 Å². The fourth-order valence-corrected chi connectivity index (χ4v) is 3.45. The molecular formula is C22H23N3O3. The van der Waals surface area contributed by atoms with Crippen molar-refractivity contribution in [3.05, 3.63) is 72.1 Å². The summed E-state index contributed by atoms with van der Waals surface area (Å²) in [5.74, 6) is 1.92. The summed E-state index contributed by atoms with van der Waals surface area (Å²) >= 11 is 0. The summed E-state index contributed by atoms with van der Waals surface area (Å²) in [6.45, 7) is 1.06. The molecule has 6 heteroatoms. The van der Waals surface area contributed by atoms with Crippen LogP contribution in [-0.4, -0.2) is 29.4 Å². The van der Waals surface area contributed by atoms with E-state index >= 15 is 0 Å². The zero-order chi connectivity index (χ0) is 19.3. The molecule has 1 unspecified atom stereocenters. The van der Waals surface area contributed by atoms with Crippen molar-refractivity contribution >= 4 is 5.91 Å². The molecule has 2 aromatic carbocycles. The summed E-state index contributed by atoms with van der Waals surface area (Å²) < 4.78 is 12.6. The van der Waals surface area contributed by atoms with Crippen molar-refractivity contribution in [1.82, 2.24) is 15.1 Å². The minimum absolute atomic E-state index is 0.0284. The first-order valence-corrected chi connectivity index (χ1v) is 9.40. The van der Waals surface area contributed by atoms with E-state index < -0.39 is 0 Å². The summed E-state index contributed by atoms with van der Waals surface area (Å²) in [6, 6.07) is 17.5. The first-order chi connectivity index (χ1) is 13.7. The molecule has 0 saturated heterocycles. The lowest BCUT2D eigenvalue weighted by atomic mass is 9.90. The van der Waals surface area contributed by atoms with Gasteiger partial charge in [-0.25, -0.2) is 4.68 Å². The summed E-state index contributed by atoms with van der Waals surface area (Å²) in [7, 11) is 1.64. The van der Waals surface area contributed by atoms with E-state index in [0.717, 1.165) is 34.9 Å². The Morgan fingerprint density at radius 3 is 2.86 bits per heavy atom. The van der Waals surface area contributed by atoms with Gasteiger partial charge in [0.2, 0.25) is 5.91 Å².